The van der Waals surface area contributed by atoms with Crippen LogP contribution in [0.2, 0.25) is 0 Å². The number of carbonyl (C=O) groups is 2. The maximum Gasteiger partial charge on any atom is 0.335 e. The lowest BCUT2D eigenvalue weighted by Gasteiger charge is -1.98. The minimum absolute atomic E-state index is 0.0297. The van der Waals surface area contributed by atoms with E-state index in [-0.39, 0.29) is 23.3 Å². The molecule has 0 aromatic heterocycles. The van der Waals surface area contributed by atoms with Crippen LogP contribution in [0.1, 0.15) is 22.3 Å². The van der Waals surface area contributed by atoms with Gasteiger partial charge in [0, 0.05) is 0 Å². The van der Waals surface area contributed by atoms with Crippen LogP contribution in [0.4, 0.5) is 0 Å². The third kappa shape index (κ3) is 3.03. The zero-order valence-corrected chi connectivity index (χ0v) is 8.23. The highest BCUT2D eigenvalue weighted by Gasteiger charge is 2.05. The van der Waals surface area contributed by atoms with Gasteiger partial charge in [-0.1, -0.05) is 11.8 Å². The summed E-state index contributed by atoms with van der Waals surface area (Å²) in [7, 11) is 0. The molecule has 0 bridgehead atoms. The van der Waals surface area contributed by atoms with E-state index in [1.54, 1.807) is 0 Å². The van der Waals surface area contributed by atoms with Crippen LogP contribution in [-0.4, -0.2) is 22.1 Å². The van der Waals surface area contributed by atoms with Crippen molar-refractivity contribution < 1.29 is 19.8 Å². The van der Waals surface area contributed by atoms with E-state index in [0.717, 1.165) is 6.07 Å². The Bertz CT molecular complexity index is 496. The van der Waals surface area contributed by atoms with Crippen molar-refractivity contribution in [1.82, 2.24) is 0 Å². The predicted molar refractivity (Wildman–Crippen MR) is 55.8 cm³/mol. The zero-order chi connectivity index (χ0) is 12.1. The number of hydrogen-bond donors (Lipinski definition) is 3. The number of carboxylic acid groups (broad SMARTS) is 1. The SMILES string of the molecule is NC(=O)CC#Cc1ccc(C(=O)O)cc1O. The topological polar surface area (TPSA) is 101 Å². The third-order valence-electron chi connectivity index (χ3n) is 1.73. The van der Waals surface area contributed by atoms with E-state index in [4.69, 9.17) is 10.8 Å². The summed E-state index contributed by atoms with van der Waals surface area (Å²) in [5.74, 6) is 3.04. The number of nitrogens with two attached hydrogens (primary N) is 1. The van der Waals surface area contributed by atoms with E-state index < -0.39 is 11.9 Å². The van der Waals surface area contributed by atoms with Gasteiger partial charge in [0.2, 0.25) is 5.91 Å². The number of amides is 1. The summed E-state index contributed by atoms with van der Waals surface area (Å²) in [6.07, 6.45) is -0.111. The average Bonchev–Trinajstić information content (AvgIpc) is 2.19. The summed E-state index contributed by atoms with van der Waals surface area (Å²) in [6, 6.07) is 3.78. The number of aromatic carboxylic acids is 1. The van der Waals surface area contributed by atoms with Gasteiger partial charge in [0.15, 0.2) is 0 Å². The fourth-order valence-corrected chi connectivity index (χ4v) is 0.997. The summed E-state index contributed by atoms with van der Waals surface area (Å²) in [6.45, 7) is 0. The van der Waals surface area contributed by atoms with Crippen molar-refractivity contribution >= 4 is 11.9 Å². The number of phenols is 1. The summed E-state index contributed by atoms with van der Waals surface area (Å²) < 4.78 is 0. The Kier molecular flexibility index (Phi) is 3.51. The van der Waals surface area contributed by atoms with E-state index in [9.17, 15) is 14.7 Å². The molecule has 0 fully saturated rings. The quantitative estimate of drug-likeness (QED) is 0.623. The van der Waals surface area contributed by atoms with Crippen molar-refractivity contribution in [2.24, 2.45) is 5.73 Å². The summed E-state index contributed by atoms with van der Waals surface area (Å²) >= 11 is 0. The van der Waals surface area contributed by atoms with E-state index in [1.165, 1.54) is 12.1 Å². The number of aromatic hydroxyl groups is 1. The number of rotatable bonds is 2. The number of primary amides is 1. The van der Waals surface area contributed by atoms with Crippen LogP contribution in [-0.2, 0) is 4.79 Å². The van der Waals surface area contributed by atoms with E-state index in [0.29, 0.717) is 0 Å². The van der Waals surface area contributed by atoms with Gasteiger partial charge in [-0.05, 0) is 18.2 Å². The first-order valence-corrected chi connectivity index (χ1v) is 4.34. The van der Waals surface area contributed by atoms with Gasteiger partial charge in [0.1, 0.15) is 5.75 Å². The molecular weight excluding hydrogens is 210 g/mol. The maximum absolute atomic E-state index is 10.6. The van der Waals surface area contributed by atoms with Crippen LogP contribution in [0.5, 0.6) is 5.75 Å². The van der Waals surface area contributed by atoms with Crippen molar-refractivity contribution in [3.63, 3.8) is 0 Å². The van der Waals surface area contributed by atoms with Gasteiger partial charge in [-0.15, -0.1) is 0 Å². The highest BCUT2D eigenvalue weighted by atomic mass is 16.4. The Morgan fingerprint density at radius 2 is 2.06 bits per heavy atom. The molecule has 4 N–H and O–H groups in total. The minimum atomic E-state index is -1.13. The minimum Gasteiger partial charge on any atom is -0.507 e. The molecule has 1 rings (SSSR count). The Morgan fingerprint density at radius 3 is 2.56 bits per heavy atom. The van der Waals surface area contributed by atoms with Gasteiger partial charge in [-0.25, -0.2) is 4.79 Å². The van der Waals surface area contributed by atoms with Crippen molar-refractivity contribution in [2.75, 3.05) is 0 Å². The van der Waals surface area contributed by atoms with Gasteiger partial charge in [0.25, 0.3) is 0 Å². The molecule has 5 heteroatoms. The number of phenolic OH excluding ortho intramolecular Hbond substituents is 1. The van der Waals surface area contributed by atoms with Crippen LogP contribution >= 0.6 is 0 Å². The van der Waals surface area contributed by atoms with Crippen molar-refractivity contribution in [3.8, 4) is 17.6 Å². The number of carboxylic acids is 1. The Morgan fingerprint density at radius 1 is 1.38 bits per heavy atom. The molecule has 0 radical (unpaired) electrons. The normalized spacial score (nSPS) is 9.00. The lowest BCUT2D eigenvalue weighted by Crippen LogP contribution is -2.08. The molecule has 0 saturated carbocycles. The lowest BCUT2D eigenvalue weighted by atomic mass is 10.1. The second-order valence-electron chi connectivity index (χ2n) is 2.98. The highest BCUT2D eigenvalue weighted by molar-refractivity contribution is 5.88. The molecule has 0 atom stereocenters. The maximum atomic E-state index is 10.6. The first kappa shape index (κ1) is 11.6. The van der Waals surface area contributed by atoms with Crippen LogP contribution in [0, 0.1) is 11.8 Å². The van der Waals surface area contributed by atoms with E-state index >= 15 is 0 Å². The second kappa shape index (κ2) is 4.84. The van der Waals surface area contributed by atoms with E-state index in [1.807, 2.05) is 0 Å². The van der Waals surface area contributed by atoms with Crippen LogP contribution in [0.25, 0.3) is 0 Å². The summed E-state index contributed by atoms with van der Waals surface area (Å²) in [4.78, 5) is 21.0. The molecule has 1 aromatic rings. The van der Waals surface area contributed by atoms with E-state index in [2.05, 4.69) is 11.8 Å². The number of carbonyl (C=O) groups excluding carboxylic acids is 1. The molecule has 1 aromatic carbocycles. The Labute approximate surface area is 91.5 Å². The highest BCUT2D eigenvalue weighted by Crippen LogP contribution is 2.17. The van der Waals surface area contributed by atoms with Crippen molar-refractivity contribution in [3.05, 3.63) is 29.3 Å². The summed E-state index contributed by atoms with van der Waals surface area (Å²) in [5.41, 5.74) is 5.10. The fourth-order valence-electron chi connectivity index (χ4n) is 0.997. The number of benzene rings is 1. The Balaban J connectivity index is 2.94. The molecule has 0 heterocycles. The fraction of sp³-hybridized carbons (Fsp3) is 0.0909. The average molecular weight is 219 g/mol. The monoisotopic (exact) mass is 219 g/mol. The van der Waals surface area contributed by atoms with Crippen LogP contribution in [0.15, 0.2) is 18.2 Å². The molecule has 0 saturated heterocycles. The van der Waals surface area contributed by atoms with Gasteiger partial charge in [0.05, 0.1) is 17.5 Å². The zero-order valence-electron chi connectivity index (χ0n) is 8.23. The Hall–Kier alpha value is -2.48. The smallest absolute Gasteiger partial charge is 0.335 e. The molecule has 0 unspecified atom stereocenters. The molecule has 0 aliphatic heterocycles. The first-order valence-electron chi connectivity index (χ1n) is 4.34. The molecule has 82 valence electrons. The molecule has 0 aliphatic rings. The van der Waals surface area contributed by atoms with Gasteiger partial charge < -0.3 is 15.9 Å². The van der Waals surface area contributed by atoms with Gasteiger partial charge in [-0.3, -0.25) is 4.79 Å². The van der Waals surface area contributed by atoms with Crippen molar-refractivity contribution in [2.45, 2.75) is 6.42 Å². The third-order valence-corrected chi connectivity index (χ3v) is 1.73. The van der Waals surface area contributed by atoms with Crippen LogP contribution in [0.3, 0.4) is 0 Å². The largest absolute Gasteiger partial charge is 0.507 e. The number of hydrogen-bond acceptors (Lipinski definition) is 3. The first-order chi connectivity index (χ1) is 7.50. The standard InChI is InChI=1S/C11H9NO4/c12-10(14)3-1-2-7-4-5-8(11(15)16)6-9(7)13/h4-6,13H,3H2,(H2,12,14)(H,15,16). The van der Waals surface area contributed by atoms with Crippen LogP contribution < -0.4 is 5.73 Å². The van der Waals surface area contributed by atoms with Gasteiger partial charge in [-0.2, -0.15) is 0 Å². The second-order valence-corrected chi connectivity index (χ2v) is 2.98. The predicted octanol–water partition coefficient (Wildman–Crippen LogP) is 0.317. The molecule has 0 spiro atoms. The molecule has 16 heavy (non-hydrogen) atoms. The summed E-state index contributed by atoms with van der Waals surface area (Å²) in [5, 5.41) is 18.1. The molecule has 5 nitrogen and oxygen atoms in total. The van der Waals surface area contributed by atoms with Crippen molar-refractivity contribution in [1.29, 1.82) is 0 Å². The molecule has 0 aliphatic carbocycles. The lowest BCUT2D eigenvalue weighted by molar-refractivity contribution is -0.117. The van der Waals surface area contributed by atoms with Gasteiger partial charge >= 0.3 is 5.97 Å². The molecule has 1 amide bonds. The molecular formula is C11H9NO4.